The van der Waals surface area contributed by atoms with Crippen molar-refractivity contribution < 1.29 is 16.8 Å². The molecule has 1 N–H and O–H groups in total. The second-order valence-electron chi connectivity index (χ2n) is 6.33. The number of sulfonamides is 2. The van der Waals surface area contributed by atoms with E-state index in [1.54, 1.807) is 0 Å². The summed E-state index contributed by atoms with van der Waals surface area (Å²) in [5.74, 6) is 0. The molecule has 3 aromatic carbocycles. The summed E-state index contributed by atoms with van der Waals surface area (Å²) in [6.07, 6.45) is 0. The largest absolute Gasteiger partial charge is 0.280 e. The minimum atomic E-state index is -3.80. The van der Waals surface area contributed by atoms with E-state index >= 15 is 0 Å². The molecular formula is C20H19ClN2O4S2. The first-order valence-electron chi connectivity index (χ1n) is 8.57. The summed E-state index contributed by atoms with van der Waals surface area (Å²) in [4.78, 5) is 0.131. The smallest absolute Gasteiger partial charge is 0.261 e. The van der Waals surface area contributed by atoms with E-state index in [0.29, 0.717) is 5.02 Å². The highest BCUT2D eigenvalue weighted by Gasteiger charge is 2.21. The van der Waals surface area contributed by atoms with Gasteiger partial charge < -0.3 is 0 Å². The Balaban J connectivity index is 1.76. The van der Waals surface area contributed by atoms with E-state index in [4.69, 9.17) is 11.6 Å². The maximum atomic E-state index is 12.8. The predicted octanol–water partition coefficient (Wildman–Crippen LogP) is 3.96. The van der Waals surface area contributed by atoms with E-state index in [0.717, 1.165) is 5.56 Å². The number of nitrogens with zero attached hydrogens (tertiary/aromatic N) is 1. The molecule has 0 aromatic heterocycles. The Morgan fingerprint density at radius 1 is 0.793 bits per heavy atom. The van der Waals surface area contributed by atoms with Crippen molar-refractivity contribution in [2.45, 2.75) is 16.3 Å². The minimum absolute atomic E-state index is 0.0567. The van der Waals surface area contributed by atoms with Gasteiger partial charge in [0.1, 0.15) is 0 Å². The lowest BCUT2D eigenvalue weighted by Crippen LogP contribution is -2.26. The Kier molecular flexibility index (Phi) is 6.28. The average molecular weight is 451 g/mol. The van der Waals surface area contributed by atoms with Crippen LogP contribution in [0.2, 0.25) is 5.02 Å². The SMILES string of the molecule is CN(Cc1ccccc1)S(=O)(=O)c1ccc(NS(=O)(=O)c2ccc(Cl)cc2)cc1. The molecule has 0 saturated carbocycles. The van der Waals surface area contributed by atoms with Crippen LogP contribution in [0.15, 0.2) is 88.7 Å². The van der Waals surface area contributed by atoms with Crippen molar-refractivity contribution in [1.29, 1.82) is 0 Å². The molecule has 0 fully saturated rings. The standard InChI is InChI=1S/C20H19ClN2O4S2/c1-23(15-16-5-3-2-4-6-16)29(26,27)20-13-9-18(10-14-20)22-28(24,25)19-11-7-17(21)8-12-19/h2-14,22H,15H2,1H3. The van der Waals surface area contributed by atoms with Crippen LogP contribution in [-0.2, 0) is 26.6 Å². The summed E-state index contributed by atoms with van der Waals surface area (Å²) in [6, 6.07) is 20.6. The molecule has 152 valence electrons. The molecule has 9 heteroatoms. The van der Waals surface area contributed by atoms with Crippen molar-refractivity contribution in [1.82, 2.24) is 4.31 Å². The Morgan fingerprint density at radius 3 is 1.93 bits per heavy atom. The highest BCUT2D eigenvalue weighted by molar-refractivity contribution is 7.92. The maximum Gasteiger partial charge on any atom is 0.261 e. The fraction of sp³-hybridized carbons (Fsp3) is 0.100. The molecule has 0 heterocycles. The van der Waals surface area contributed by atoms with Crippen LogP contribution in [0.3, 0.4) is 0 Å². The van der Waals surface area contributed by atoms with E-state index in [1.165, 1.54) is 59.9 Å². The molecule has 0 aliphatic carbocycles. The van der Waals surface area contributed by atoms with Gasteiger partial charge in [-0.15, -0.1) is 0 Å². The zero-order valence-corrected chi connectivity index (χ0v) is 17.9. The third-order valence-electron chi connectivity index (χ3n) is 4.19. The van der Waals surface area contributed by atoms with Crippen LogP contribution in [-0.4, -0.2) is 28.2 Å². The summed E-state index contributed by atoms with van der Waals surface area (Å²) in [5, 5.41) is 0.429. The van der Waals surface area contributed by atoms with Gasteiger partial charge in [-0.25, -0.2) is 16.8 Å². The van der Waals surface area contributed by atoms with Crippen molar-refractivity contribution in [3.63, 3.8) is 0 Å². The van der Waals surface area contributed by atoms with Crippen molar-refractivity contribution in [3.8, 4) is 0 Å². The van der Waals surface area contributed by atoms with Gasteiger partial charge in [-0.1, -0.05) is 41.9 Å². The lowest BCUT2D eigenvalue weighted by Gasteiger charge is -2.17. The van der Waals surface area contributed by atoms with Crippen LogP contribution < -0.4 is 4.72 Å². The minimum Gasteiger partial charge on any atom is -0.280 e. The number of benzene rings is 3. The number of halogens is 1. The van der Waals surface area contributed by atoms with Gasteiger partial charge in [0, 0.05) is 24.3 Å². The zero-order valence-electron chi connectivity index (χ0n) is 15.5. The zero-order chi connectivity index (χ0) is 21.1. The second-order valence-corrected chi connectivity index (χ2v) is 10.5. The number of hydrogen-bond donors (Lipinski definition) is 1. The first kappa shape index (κ1) is 21.3. The predicted molar refractivity (Wildman–Crippen MR) is 114 cm³/mol. The van der Waals surface area contributed by atoms with E-state index in [-0.39, 0.29) is 22.0 Å². The third-order valence-corrected chi connectivity index (χ3v) is 7.65. The summed E-state index contributed by atoms with van der Waals surface area (Å²) >= 11 is 5.78. The van der Waals surface area contributed by atoms with Crippen LogP contribution in [0.1, 0.15) is 5.56 Å². The molecular weight excluding hydrogens is 432 g/mol. The molecule has 3 aromatic rings. The Labute approximate surface area is 175 Å². The number of rotatable bonds is 7. The molecule has 0 spiro atoms. The molecule has 0 saturated heterocycles. The first-order chi connectivity index (χ1) is 13.7. The van der Waals surface area contributed by atoms with Crippen LogP contribution in [0, 0.1) is 0 Å². The number of hydrogen-bond acceptors (Lipinski definition) is 4. The Bertz CT molecular complexity index is 1180. The summed E-state index contributed by atoms with van der Waals surface area (Å²) in [7, 11) is -6.02. The topological polar surface area (TPSA) is 83.6 Å². The second kappa shape index (κ2) is 8.54. The molecule has 0 bridgehead atoms. The molecule has 0 aliphatic heterocycles. The summed E-state index contributed by atoms with van der Waals surface area (Å²) in [6.45, 7) is 0.230. The van der Waals surface area contributed by atoms with E-state index < -0.39 is 20.0 Å². The van der Waals surface area contributed by atoms with Gasteiger partial charge in [-0.3, -0.25) is 4.72 Å². The third kappa shape index (κ3) is 5.16. The lowest BCUT2D eigenvalue weighted by atomic mass is 10.2. The molecule has 29 heavy (non-hydrogen) atoms. The lowest BCUT2D eigenvalue weighted by molar-refractivity contribution is 0.467. The van der Waals surface area contributed by atoms with Gasteiger partial charge in [-0.05, 0) is 54.1 Å². The van der Waals surface area contributed by atoms with Crippen LogP contribution >= 0.6 is 11.6 Å². The number of anilines is 1. The molecule has 0 unspecified atom stereocenters. The average Bonchev–Trinajstić information content (AvgIpc) is 2.69. The van der Waals surface area contributed by atoms with E-state index in [2.05, 4.69) is 4.72 Å². The number of nitrogens with one attached hydrogen (secondary N) is 1. The van der Waals surface area contributed by atoms with Crippen molar-refractivity contribution in [2.24, 2.45) is 0 Å². The summed E-state index contributed by atoms with van der Waals surface area (Å²) in [5.41, 5.74) is 1.12. The van der Waals surface area contributed by atoms with Crippen molar-refractivity contribution in [2.75, 3.05) is 11.8 Å². The normalized spacial score (nSPS) is 12.1. The fourth-order valence-corrected chi connectivity index (χ4v) is 4.97. The summed E-state index contributed by atoms with van der Waals surface area (Å²) < 4.78 is 54.0. The fourth-order valence-electron chi connectivity index (χ4n) is 2.63. The monoisotopic (exact) mass is 450 g/mol. The molecule has 0 radical (unpaired) electrons. The van der Waals surface area contributed by atoms with Crippen molar-refractivity contribution in [3.05, 3.63) is 89.4 Å². The van der Waals surface area contributed by atoms with Crippen molar-refractivity contribution >= 4 is 37.3 Å². The highest BCUT2D eigenvalue weighted by atomic mass is 35.5. The highest BCUT2D eigenvalue weighted by Crippen LogP contribution is 2.22. The van der Waals surface area contributed by atoms with Crippen LogP contribution in [0.25, 0.3) is 0 Å². The van der Waals surface area contributed by atoms with E-state index in [9.17, 15) is 16.8 Å². The van der Waals surface area contributed by atoms with Gasteiger partial charge in [0.2, 0.25) is 10.0 Å². The van der Waals surface area contributed by atoms with Gasteiger partial charge in [0.15, 0.2) is 0 Å². The molecule has 0 amide bonds. The van der Waals surface area contributed by atoms with Crippen LogP contribution in [0.4, 0.5) is 5.69 Å². The Hall–Kier alpha value is -2.39. The van der Waals surface area contributed by atoms with Crippen LogP contribution in [0.5, 0.6) is 0 Å². The van der Waals surface area contributed by atoms with E-state index in [1.807, 2.05) is 30.3 Å². The van der Waals surface area contributed by atoms with Gasteiger partial charge >= 0.3 is 0 Å². The molecule has 0 atom stereocenters. The molecule has 6 nitrogen and oxygen atoms in total. The molecule has 0 aliphatic rings. The molecule has 3 rings (SSSR count). The first-order valence-corrected chi connectivity index (χ1v) is 11.9. The van der Waals surface area contributed by atoms with Gasteiger partial charge in [0.25, 0.3) is 10.0 Å². The quantitative estimate of drug-likeness (QED) is 0.590. The maximum absolute atomic E-state index is 12.8. The van der Waals surface area contributed by atoms with Gasteiger partial charge in [0.05, 0.1) is 9.79 Å². The Morgan fingerprint density at radius 2 is 1.34 bits per heavy atom. The van der Waals surface area contributed by atoms with Gasteiger partial charge in [-0.2, -0.15) is 4.31 Å².